The normalized spacial score (nSPS) is 12.4. The molecule has 0 heterocycles. The topological polar surface area (TPSA) is 37.3 Å². The van der Waals surface area contributed by atoms with Gasteiger partial charge in [0.05, 0.1) is 10.9 Å². The van der Waals surface area contributed by atoms with Crippen molar-refractivity contribution >= 4 is 17.6 Å². The number of aliphatic carboxylic acids is 1. The molecule has 0 aliphatic carbocycles. The Kier molecular flexibility index (Phi) is 4.74. The Bertz CT molecular complexity index is 379. The highest BCUT2D eigenvalue weighted by atomic mass is 35.5. The van der Waals surface area contributed by atoms with Gasteiger partial charge >= 0.3 is 5.97 Å². The molecule has 1 N–H and O–H groups in total. The van der Waals surface area contributed by atoms with E-state index in [2.05, 4.69) is 0 Å². The van der Waals surface area contributed by atoms with Gasteiger partial charge in [0.25, 0.3) is 0 Å². The summed E-state index contributed by atoms with van der Waals surface area (Å²) in [5.74, 6) is -1.94. The van der Waals surface area contributed by atoms with Crippen LogP contribution in [-0.4, -0.2) is 11.1 Å². The van der Waals surface area contributed by atoms with E-state index in [-0.39, 0.29) is 11.4 Å². The van der Waals surface area contributed by atoms with Crippen molar-refractivity contribution in [1.29, 1.82) is 0 Å². The maximum Gasteiger partial charge on any atom is 0.306 e. The maximum absolute atomic E-state index is 13.5. The first-order valence-electron chi connectivity index (χ1n) is 5.22. The van der Waals surface area contributed by atoms with Crippen LogP contribution in [0.5, 0.6) is 0 Å². The van der Waals surface area contributed by atoms with Gasteiger partial charge in [-0.3, -0.25) is 4.79 Å². The van der Waals surface area contributed by atoms with Crippen LogP contribution >= 0.6 is 11.6 Å². The summed E-state index contributed by atoms with van der Waals surface area (Å²) in [6, 6.07) is 4.66. The number of hydrogen-bond donors (Lipinski definition) is 1. The molecule has 0 spiro atoms. The van der Waals surface area contributed by atoms with Crippen molar-refractivity contribution < 1.29 is 14.3 Å². The molecule has 88 valence electrons. The van der Waals surface area contributed by atoms with E-state index in [1.54, 1.807) is 12.1 Å². The summed E-state index contributed by atoms with van der Waals surface area (Å²) in [4.78, 5) is 10.9. The lowest BCUT2D eigenvalue weighted by Gasteiger charge is -2.12. The van der Waals surface area contributed by atoms with Crippen LogP contribution in [0.3, 0.4) is 0 Å². The molecule has 2 nitrogen and oxygen atoms in total. The molecule has 0 radical (unpaired) electrons. The van der Waals surface area contributed by atoms with Crippen LogP contribution < -0.4 is 0 Å². The molecule has 0 amide bonds. The molecule has 0 aliphatic heterocycles. The first kappa shape index (κ1) is 13.0. The zero-order valence-corrected chi connectivity index (χ0v) is 9.80. The third-order valence-electron chi connectivity index (χ3n) is 2.48. The van der Waals surface area contributed by atoms with E-state index in [0.29, 0.717) is 12.0 Å². The Morgan fingerprint density at radius 1 is 1.56 bits per heavy atom. The van der Waals surface area contributed by atoms with Gasteiger partial charge in [-0.2, -0.15) is 0 Å². The van der Waals surface area contributed by atoms with Crippen molar-refractivity contribution in [3.63, 3.8) is 0 Å². The predicted molar refractivity (Wildman–Crippen MR) is 61.1 cm³/mol. The zero-order valence-electron chi connectivity index (χ0n) is 9.04. The van der Waals surface area contributed by atoms with Crippen molar-refractivity contribution in [2.24, 2.45) is 5.92 Å². The molecule has 0 fully saturated rings. The van der Waals surface area contributed by atoms with Crippen LogP contribution in [-0.2, 0) is 11.2 Å². The predicted octanol–water partition coefficient (Wildman–Crippen LogP) is 3.52. The lowest BCUT2D eigenvalue weighted by Crippen LogP contribution is -2.16. The number of carboxylic acid groups (broad SMARTS) is 1. The highest BCUT2D eigenvalue weighted by molar-refractivity contribution is 6.30. The van der Waals surface area contributed by atoms with Crippen LogP contribution in [0.15, 0.2) is 18.2 Å². The molecule has 1 aromatic carbocycles. The molecule has 1 aromatic rings. The highest BCUT2D eigenvalue weighted by Gasteiger charge is 2.19. The summed E-state index contributed by atoms with van der Waals surface area (Å²) in [5, 5.41) is 9.01. The van der Waals surface area contributed by atoms with Crippen LogP contribution in [0.25, 0.3) is 0 Å². The van der Waals surface area contributed by atoms with E-state index >= 15 is 0 Å². The number of carbonyl (C=O) groups is 1. The van der Waals surface area contributed by atoms with Gasteiger partial charge in [0.2, 0.25) is 0 Å². The summed E-state index contributed by atoms with van der Waals surface area (Å²) >= 11 is 5.63. The molecule has 1 rings (SSSR count). The summed E-state index contributed by atoms with van der Waals surface area (Å²) < 4.78 is 13.5. The Morgan fingerprint density at radius 3 is 2.81 bits per heavy atom. The van der Waals surface area contributed by atoms with E-state index in [0.717, 1.165) is 6.42 Å². The summed E-state index contributed by atoms with van der Waals surface area (Å²) in [6.45, 7) is 1.91. The molecule has 0 aromatic heterocycles. The van der Waals surface area contributed by atoms with E-state index in [4.69, 9.17) is 16.7 Å². The Morgan fingerprint density at radius 2 is 2.25 bits per heavy atom. The average Bonchev–Trinajstić information content (AvgIpc) is 2.23. The molecule has 0 aliphatic rings. The maximum atomic E-state index is 13.5. The number of carboxylic acids is 1. The van der Waals surface area contributed by atoms with Crippen molar-refractivity contribution in [1.82, 2.24) is 0 Å². The molecule has 1 atom stereocenters. The fourth-order valence-electron chi connectivity index (χ4n) is 1.63. The number of rotatable bonds is 5. The average molecular weight is 245 g/mol. The molecule has 4 heteroatoms. The van der Waals surface area contributed by atoms with Crippen molar-refractivity contribution in [2.75, 3.05) is 0 Å². The first-order chi connectivity index (χ1) is 7.56. The SMILES string of the molecule is CCCC(Cc1cccc(Cl)c1F)C(=O)O. The van der Waals surface area contributed by atoms with Gasteiger partial charge in [0.15, 0.2) is 0 Å². The first-order valence-corrected chi connectivity index (χ1v) is 5.59. The van der Waals surface area contributed by atoms with Crippen molar-refractivity contribution in [2.45, 2.75) is 26.2 Å². The van der Waals surface area contributed by atoms with Gasteiger partial charge in [-0.05, 0) is 24.5 Å². The second kappa shape index (κ2) is 5.85. The molecule has 0 saturated carbocycles. The molecular formula is C12H14ClFO2. The highest BCUT2D eigenvalue weighted by Crippen LogP contribution is 2.22. The van der Waals surface area contributed by atoms with E-state index in [1.807, 2.05) is 6.92 Å². The van der Waals surface area contributed by atoms with E-state index < -0.39 is 17.7 Å². The van der Waals surface area contributed by atoms with Gasteiger partial charge in [-0.25, -0.2) is 4.39 Å². The summed E-state index contributed by atoms with van der Waals surface area (Å²) in [5.41, 5.74) is 0.369. The van der Waals surface area contributed by atoms with Gasteiger partial charge in [0.1, 0.15) is 5.82 Å². The van der Waals surface area contributed by atoms with E-state index in [1.165, 1.54) is 6.07 Å². The van der Waals surface area contributed by atoms with E-state index in [9.17, 15) is 9.18 Å². The second-order valence-corrected chi connectivity index (χ2v) is 4.15. The number of benzene rings is 1. The van der Waals surface area contributed by atoms with Gasteiger partial charge in [-0.1, -0.05) is 37.1 Å². The van der Waals surface area contributed by atoms with Crippen molar-refractivity contribution in [3.05, 3.63) is 34.6 Å². The number of halogens is 2. The van der Waals surface area contributed by atoms with Crippen LogP contribution in [0, 0.1) is 11.7 Å². The molecule has 1 unspecified atom stereocenters. The molecular weight excluding hydrogens is 231 g/mol. The summed E-state index contributed by atoms with van der Waals surface area (Å²) in [6.07, 6.45) is 1.50. The quantitative estimate of drug-likeness (QED) is 0.861. The van der Waals surface area contributed by atoms with Crippen molar-refractivity contribution in [3.8, 4) is 0 Å². The molecule has 0 bridgehead atoms. The van der Waals surface area contributed by atoms with Crippen LogP contribution in [0.2, 0.25) is 5.02 Å². The standard InChI is InChI=1S/C12H14ClFO2/c1-2-4-9(12(15)16)7-8-5-3-6-10(13)11(8)14/h3,5-6,9H,2,4,7H2,1H3,(H,15,16). The van der Waals surface area contributed by atoms with Gasteiger partial charge in [-0.15, -0.1) is 0 Å². The van der Waals surface area contributed by atoms with Gasteiger partial charge in [0, 0.05) is 0 Å². The number of hydrogen-bond acceptors (Lipinski definition) is 1. The Labute approximate surface area is 99.0 Å². The smallest absolute Gasteiger partial charge is 0.306 e. The second-order valence-electron chi connectivity index (χ2n) is 3.74. The fraction of sp³-hybridized carbons (Fsp3) is 0.417. The monoisotopic (exact) mass is 244 g/mol. The summed E-state index contributed by atoms with van der Waals surface area (Å²) in [7, 11) is 0. The minimum atomic E-state index is -0.888. The third-order valence-corrected chi connectivity index (χ3v) is 2.78. The fourth-order valence-corrected chi connectivity index (χ4v) is 1.83. The zero-order chi connectivity index (χ0) is 12.1. The largest absolute Gasteiger partial charge is 0.481 e. The minimum absolute atomic E-state index is 0.0399. The Balaban J connectivity index is 2.85. The lowest BCUT2D eigenvalue weighted by molar-refractivity contribution is -0.141. The van der Waals surface area contributed by atoms with Crippen LogP contribution in [0.4, 0.5) is 4.39 Å². The minimum Gasteiger partial charge on any atom is -0.481 e. The molecule has 0 saturated heterocycles. The molecule has 16 heavy (non-hydrogen) atoms. The third kappa shape index (κ3) is 3.20. The van der Waals surface area contributed by atoms with Gasteiger partial charge < -0.3 is 5.11 Å². The lowest BCUT2D eigenvalue weighted by atomic mass is 9.95. The Hall–Kier alpha value is -1.09. The van der Waals surface area contributed by atoms with Crippen LogP contribution in [0.1, 0.15) is 25.3 Å².